The SMILES string of the molecule is COc1cc(Cl)c(C)cc1Nc1cnnc(Nc2ccc(F)c(Cl)c2)n1. The van der Waals surface area contributed by atoms with Crippen LogP contribution in [0.2, 0.25) is 10.0 Å². The van der Waals surface area contributed by atoms with Crippen molar-refractivity contribution in [3.05, 3.63) is 58.0 Å². The minimum atomic E-state index is -0.503. The third-order valence-corrected chi connectivity index (χ3v) is 4.17. The monoisotopic (exact) mass is 393 g/mol. The molecule has 134 valence electrons. The second-order valence-electron chi connectivity index (χ2n) is 5.35. The van der Waals surface area contributed by atoms with Crippen molar-refractivity contribution in [2.24, 2.45) is 0 Å². The molecule has 9 heteroatoms. The summed E-state index contributed by atoms with van der Waals surface area (Å²) < 4.78 is 18.6. The van der Waals surface area contributed by atoms with Gasteiger partial charge in [0.1, 0.15) is 11.6 Å². The Labute approximate surface area is 159 Å². The van der Waals surface area contributed by atoms with Gasteiger partial charge in [-0.05, 0) is 36.8 Å². The zero-order valence-electron chi connectivity index (χ0n) is 13.8. The molecule has 0 amide bonds. The molecular weight excluding hydrogens is 380 g/mol. The highest BCUT2D eigenvalue weighted by Gasteiger charge is 2.10. The van der Waals surface area contributed by atoms with E-state index in [1.807, 2.05) is 13.0 Å². The molecule has 0 saturated carbocycles. The summed E-state index contributed by atoms with van der Waals surface area (Å²) >= 11 is 11.9. The summed E-state index contributed by atoms with van der Waals surface area (Å²) in [5.74, 6) is 0.731. The summed E-state index contributed by atoms with van der Waals surface area (Å²) in [6, 6.07) is 7.77. The van der Waals surface area contributed by atoms with Crippen LogP contribution in [-0.2, 0) is 0 Å². The van der Waals surface area contributed by atoms with Crippen LogP contribution in [0.5, 0.6) is 5.75 Å². The van der Waals surface area contributed by atoms with Crippen LogP contribution < -0.4 is 15.4 Å². The van der Waals surface area contributed by atoms with E-state index in [4.69, 9.17) is 27.9 Å². The predicted molar refractivity (Wildman–Crippen MR) is 101 cm³/mol. The number of aromatic nitrogens is 3. The number of rotatable bonds is 5. The van der Waals surface area contributed by atoms with Crippen LogP contribution in [-0.4, -0.2) is 22.3 Å². The zero-order chi connectivity index (χ0) is 18.7. The summed E-state index contributed by atoms with van der Waals surface area (Å²) in [6.07, 6.45) is 1.46. The first kappa shape index (κ1) is 18.2. The number of nitrogens with zero attached hydrogens (tertiary/aromatic N) is 3. The van der Waals surface area contributed by atoms with Crippen LogP contribution >= 0.6 is 23.2 Å². The van der Waals surface area contributed by atoms with E-state index < -0.39 is 5.82 Å². The lowest BCUT2D eigenvalue weighted by atomic mass is 10.2. The average Bonchev–Trinajstić information content (AvgIpc) is 2.61. The minimum Gasteiger partial charge on any atom is -0.495 e. The molecule has 0 radical (unpaired) electrons. The number of hydrogen-bond acceptors (Lipinski definition) is 6. The lowest BCUT2D eigenvalue weighted by molar-refractivity contribution is 0.416. The molecule has 0 spiro atoms. The van der Waals surface area contributed by atoms with E-state index in [1.165, 1.54) is 24.4 Å². The number of nitrogens with one attached hydrogen (secondary N) is 2. The van der Waals surface area contributed by atoms with Crippen molar-refractivity contribution in [2.75, 3.05) is 17.7 Å². The van der Waals surface area contributed by atoms with Crippen molar-refractivity contribution in [3.8, 4) is 5.75 Å². The predicted octanol–water partition coefficient (Wildman–Crippen LogP) is 5.12. The minimum absolute atomic E-state index is 0.00128. The third-order valence-electron chi connectivity index (χ3n) is 3.48. The normalized spacial score (nSPS) is 10.5. The summed E-state index contributed by atoms with van der Waals surface area (Å²) in [5.41, 5.74) is 2.11. The van der Waals surface area contributed by atoms with Gasteiger partial charge < -0.3 is 15.4 Å². The number of aryl methyl sites for hydroxylation is 1. The molecule has 0 unspecified atom stereocenters. The van der Waals surface area contributed by atoms with Gasteiger partial charge in [0.2, 0.25) is 5.95 Å². The molecule has 6 nitrogen and oxygen atoms in total. The molecule has 26 heavy (non-hydrogen) atoms. The third kappa shape index (κ3) is 4.12. The summed E-state index contributed by atoms with van der Waals surface area (Å²) in [6.45, 7) is 1.89. The molecule has 1 aromatic heterocycles. The maximum absolute atomic E-state index is 13.2. The van der Waals surface area contributed by atoms with Crippen LogP contribution in [0.1, 0.15) is 5.56 Å². The van der Waals surface area contributed by atoms with Crippen molar-refractivity contribution < 1.29 is 9.13 Å². The lowest BCUT2D eigenvalue weighted by Gasteiger charge is -2.13. The van der Waals surface area contributed by atoms with Gasteiger partial charge in [0, 0.05) is 16.8 Å². The molecule has 1 heterocycles. The highest BCUT2D eigenvalue weighted by Crippen LogP contribution is 2.32. The van der Waals surface area contributed by atoms with Gasteiger partial charge in [0.15, 0.2) is 5.82 Å². The molecule has 0 atom stereocenters. The molecule has 0 aliphatic carbocycles. The Morgan fingerprint density at radius 1 is 1.08 bits per heavy atom. The van der Waals surface area contributed by atoms with Crippen molar-refractivity contribution in [1.82, 2.24) is 15.2 Å². The van der Waals surface area contributed by atoms with Gasteiger partial charge >= 0.3 is 0 Å². The number of ether oxygens (including phenoxy) is 1. The Bertz CT molecular complexity index is 954. The van der Waals surface area contributed by atoms with Gasteiger partial charge in [-0.25, -0.2) is 4.39 Å². The molecule has 3 aromatic rings. The van der Waals surface area contributed by atoms with Gasteiger partial charge in [-0.3, -0.25) is 0 Å². The van der Waals surface area contributed by atoms with Crippen molar-refractivity contribution >= 4 is 46.3 Å². The lowest BCUT2D eigenvalue weighted by Crippen LogP contribution is -2.03. The zero-order valence-corrected chi connectivity index (χ0v) is 15.4. The van der Waals surface area contributed by atoms with E-state index in [1.54, 1.807) is 13.2 Å². The largest absolute Gasteiger partial charge is 0.495 e. The highest BCUT2D eigenvalue weighted by molar-refractivity contribution is 6.31. The molecule has 2 N–H and O–H groups in total. The Morgan fingerprint density at radius 2 is 1.88 bits per heavy atom. The summed E-state index contributed by atoms with van der Waals surface area (Å²) in [7, 11) is 1.55. The fourth-order valence-corrected chi connectivity index (χ4v) is 2.52. The topological polar surface area (TPSA) is 72.0 Å². The van der Waals surface area contributed by atoms with Crippen molar-refractivity contribution in [1.29, 1.82) is 0 Å². The standard InChI is InChI=1S/C17H14Cl2FN5O/c1-9-5-14(15(26-2)7-11(9)18)23-16-8-21-25-17(24-16)22-10-3-4-13(20)12(19)6-10/h3-8H,1-2H3,(H2,22,23,24,25). The van der Waals surface area contributed by atoms with E-state index in [0.717, 1.165) is 5.56 Å². The Kier molecular flexibility index (Phi) is 5.39. The number of anilines is 4. The number of hydrogen-bond donors (Lipinski definition) is 2. The van der Waals surface area contributed by atoms with Crippen LogP contribution in [0, 0.1) is 12.7 Å². The van der Waals surface area contributed by atoms with Crippen LogP contribution in [0.25, 0.3) is 0 Å². The average molecular weight is 394 g/mol. The van der Waals surface area contributed by atoms with Crippen LogP contribution in [0.15, 0.2) is 36.5 Å². The van der Waals surface area contributed by atoms with Gasteiger partial charge in [-0.1, -0.05) is 23.2 Å². The highest BCUT2D eigenvalue weighted by atomic mass is 35.5. The maximum Gasteiger partial charge on any atom is 0.249 e. The molecule has 0 aliphatic rings. The molecule has 3 rings (SSSR count). The van der Waals surface area contributed by atoms with Gasteiger partial charge in [-0.2, -0.15) is 10.1 Å². The first-order valence-corrected chi connectivity index (χ1v) is 8.25. The Morgan fingerprint density at radius 3 is 2.62 bits per heavy atom. The van der Waals surface area contributed by atoms with Gasteiger partial charge in [-0.15, -0.1) is 5.10 Å². The molecular formula is C17H14Cl2FN5O. The van der Waals surface area contributed by atoms with E-state index in [-0.39, 0.29) is 11.0 Å². The second kappa shape index (κ2) is 7.72. The molecule has 0 aliphatic heterocycles. The second-order valence-corrected chi connectivity index (χ2v) is 6.16. The quantitative estimate of drug-likeness (QED) is 0.626. The molecule has 0 bridgehead atoms. The van der Waals surface area contributed by atoms with E-state index >= 15 is 0 Å². The molecule has 2 aromatic carbocycles. The Hall–Kier alpha value is -2.64. The van der Waals surface area contributed by atoms with Crippen molar-refractivity contribution in [2.45, 2.75) is 6.92 Å². The fourth-order valence-electron chi connectivity index (χ4n) is 2.19. The van der Waals surface area contributed by atoms with Gasteiger partial charge in [0.25, 0.3) is 0 Å². The maximum atomic E-state index is 13.2. The van der Waals surface area contributed by atoms with Gasteiger partial charge in [0.05, 0.1) is 24.0 Å². The first-order chi connectivity index (χ1) is 12.5. The summed E-state index contributed by atoms with van der Waals surface area (Å²) in [4.78, 5) is 4.32. The fraction of sp³-hybridized carbons (Fsp3) is 0.118. The number of methoxy groups -OCH3 is 1. The van der Waals surface area contributed by atoms with E-state index in [0.29, 0.717) is 28.0 Å². The molecule has 0 saturated heterocycles. The first-order valence-electron chi connectivity index (χ1n) is 7.49. The van der Waals surface area contributed by atoms with E-state index in [2.05, 4.69) is 25.8 Å². The smallest absolute Gasteiger partial charge is 0.249 e. The molecule has 0 fully saturated rings. The number of benzene rings is 2. The number of halogens is 3. The van der Waals surface area contributed by atoms with Crippen LogP contribution in [0.4, 0.5) is 27.5 Å². The van der Waals surface area contributed by atoms with Crippen molar-refractivity contribution in [3.63, 3.8) is 0 Å². The van der Waals surface area contributed by atoms with E-state index in [9.17, 15) is 4.39 Å². The Balaban J connectivity index is 1.83. The summed E-state index contributed by atoms with van der Waals surface area (Å²) in [5, 5.41) is 14.4. The van der Waals surface area contributed by atoms with Crippen LogP contribution in [0.3, 0.4) is 0 Å².